The third-order valence-corrected chi connectivity index (χ3v) is 11.5. The molecule has 0 aromatic rings. The zero-order valence-corrected chi connectivity index (χ0v) is 22.7. The van der Waals surface area contributed by atoms with Gasteiger partial charge in [0.05, 0.1) is 18.1 Å². The molecule has 0 aromatic heterocycles. The number of ketones is 1. The van der Waals surface area contributed by atoms with Gasteiger partial charge in [0.25, 0.3) is 0 Å². The van der Waals surface area contributed by atoms with Crippen molar-refractivity contribution in [2.75, 3.05) is 6.61 Å². The molecule has 0 radical (unpaired) electrons. The highest BCUT2D eigenvalue weighted by molar-refractivity contribution is 8.14. The standard InChI is InChI=1S/C28H34F2O7S/c1-4-5-21-36-22-18(31)11-16-17(29)10-15-13-6-7-14(25(34)38-19-8-9-35-24(19)33)26(13,2)12-20(32)28(15,30)27(16,3)23(22)37-21/h11,13-15,17,19-21,32H,4-10,12H2,1-3H3/t13-,14-,15-,17-,19?,20-,21-,26-,27+,28-/m0/s1. The van der Waals surface area contributed by atoms with Gasteiger partial charge in [-0.2, -0.15) is 0 Å². The normalized spacial score (nSPS) is 47.3. The van der Waals surface area contributed by atoms with Gasteiger partial charge in [0.1, 0.15) is 11.4 Å². The van der Waals surface area contributed by atoms with E-state index in [1.165, 1.54) is 6.92 Å². The Kier molecular flexibility index (Phi) is 6.07. The first-order valence-corrected chi connectivity index (χ1v) is 14.6. The molecule has 10 atom stereocenters. The average Bonchev–Trinajstić information content (AvgIpc) is 3.56. The molecular formula is C28H34F2O7S. The van der Waals surface area contributed by atoms with Gasteiger partial charge in [0.15, 0.2) is 16.5 Å². The number of alkyl halides is 2. The molecule has 4 aliphatic carbocycles. The molecule has 1 N–H and O–H groups in total. The molecule has 0 spiro atoms. The number of rotatable bonds is 4. The Labute approximate surface area is 224 Å². The molecule has 1 unspecified atom stereocenters. The number of hydrogen-bond acceptors (Lipinski definition) is 8. The maximum atomic E-state index is 17.8. The van der Waals surface area contributed by atoms with E-state index in [2.05, 4.69) is 0 Å². The predicted octanol–water partition coefficient (Wildman–Crippen LogP) is 4.33. The van der Waals surface area contributed by atoms with E-state index in [4.69, 9.17) is 14.2 Å². The molecule has 208 valence electrons. The first-order valence-electron chi connectivity index (χ1n) is 13.7. The minimum Gasteiger partial charge on any atom is -0.465 e. The summed E-state index contributed by atoms with van der Waals surface area (Å²) in [4.78, 5) is 38.2. The molecule has 6 rings (SSSR count). The van der Waals surface area contributed by atoms with E-state index in [0.29, 0.717) is 32.1 Å². The average molecular weight is 553 g/mol. The number of esters is 1. The second-order valence-electron chi connectivity index (χ2n) is 12.1. The molecule has 0 bridgehead atoms. The van der Waals surface area contributed by atoms with Crippen LogP contribution in [0.4, 0.5) is 8.78 Å². The summed E-state index contributed by atoms with van der Waals surface area (Å²) in [5, 5.41) is 10.9. The quantitative estimate of drug-likeness (QED) is 0.515. The molecule has 1 saturated heterocycles. The first-order chi connectivity index (χ1) is 18.0. The Balaban J connectivity index is 1.36. The minimum absolute atomic E-state index is 0.00632. The summed E-state index contributed by atoms with van der Waals surface area (Å²) in [6.07, 6.45) is -0.296. The number of ether oxygens (including phenoxy) is 3. The van der Waals surface area contributed by atoms with E-state index < -0.39 is 63.9 Å². The summed E-state index contributed by atoms with van der Waals surface area (Å²) < 4.78 is 50.5. The highest BCUT2D eigenvalue weighted by Gasteiger charge is 2.75. The first kappa shape index (κ1) is 26.3. The lowest BCUT2D eigenvalue weighted by Gasteiger charge is -2.62. The van der Waals surface area contributed by atoms with Crippen molar-refractivity contribution in [2.24, 2.45) is 28.6 Å². The Bertz CT molecular complexity index is 1150. The summed E-state index contributed by atoms with van der Waals surface area (Å²) in [7, 11) is 0. The molecule has 6 aliphatic rings. The van der Waals surface area contributed by atoms with Crippen molar-refractivity contribution in [1.29, 1.82) is 0 Å². The summed E-state index contributed by atoms with van der Waals surface area (Å²) in [6.45, 7) is 5.64. The number of aliphatic hydroxyl groups is 1. The van der Waals surface area contributed by atoms with Crippen LogP contribution in [-0.2, 0) is 28.6 Å². The van der Waals surface area contributed by atoms with E-state index in [0.717, 1.165) is 17.8 Å². The maximum absolute atomic E-state index is 17.8. The monoisotopic (exact) mass is 552 g/mol. The van der Waals surface area contributed by atoms with Crippen LogP contribution >= 0.6 is 11.8 Å². The van der Waals surface area contributed by atoms with Crippen LogP contribution in [0.3, 0.4) is 0 Å². The molecule has 4 fully saturated rings. The second kappa shape index (κ2) is 8.78. The smallest absolute Gasteiger partial charge is 0.319 e. The van der Waals surface area contributed by atoms with Crippen molar-refractivity contribution in [1.82, 2.24) is 0 Å². The number of hydrogen-bond donors (Lipinski definition) is 1. The SMILES string of the molecule is CCC[C@H]1OC2=C(O1)[C@@]1(C)C(=CC2=O)[C@@H](F)C[C@H]2[C@@H]3CC[C@@H](C(=O)SC4CCOC4=O)[C@@]3(C)C[C@H](O)[C@@]21F. The fourth-order valence-electron chi connectivity index (χ4n) is 8.45. The fourth-order valence-corrected chi connectivity index (χ4v) is 9.66. The lowest BCUT2D eigenvalue weighted by Crippen LogP contribution is -2.69. The highest BCUT2D eigenvalue weighted by atomic mass is 32.2. The van der Waals surface area contributed by atoms with Gasteiger partial charge in [-0.05, 0) is 62.0 Å². The largest absolute Gasteiger partial charge is 0.465 e. The molecule has 10 heteroatoms. The van der Waals surface area contributed by atoms with Crippen LogP contribution in [0, 0.1) is 28.6 Å². The van der Waals surface area contributed by atoms with Crippen LogP contribution in [0.15, 0.2) is 23.2 Å². The molecule has 3 saturated carbocycles. The minimum atomic E-state index is -2.32. The number of carbonyl (C=O) groups is 3. The summed E-state index contributed by atoms with van der Waals surface area (Å²) in [5.74, 6) is -2.81. The van der Waals surface area contributed by atoms with Crippen LogP contribution in [0.5, 0.6) is 0 Å². The Hall–Kier alpha value is -1.94. The second-order valence-corrected chi connectivity index (χ2v) is 13.3. The van der Waals surface area contributed by atoms with E-state index in [1.54, 1.807) is 0 Å². The molecule has 0 amide bonds. The zero-order chi connectivity index (χ0) is 27.2. The molecule has 2 heterocycles. The van der Waals surface area contributed by atoms with Crippen molar-refractivity contribution < 1.29 is 42.5 Å². The van der Waals surface area contributed by atoms with Gasteiger partial charge in [-0.25, -0.2) is 8.78 Å². The Morgan fingerprint density at radius 3 is 2.63 bits per heavy atom. The van der Waals surface area contributed by atoms with Crippen molar-refractivity contribution in [3.8, 4) is 0 Å². The zero-order valence-electron chi connectivity index (χ0n) is 21.8. The highest BCUT2D eigenvalue weighted by Crippen LogP contribution is 2.71. The summed E-state index contributed by atoms with van der Waals surface area (Å²) in [5.41, 5.74) is -4.81. The van der Waals surface area contributed by atoms with Crippen molar-refractivity contribution in [3.05, 3.63) is 23.2 Å². The van der Waals surface area contributed by atoms with Gasteiger partial charge in [-0.3, -0.25) is 14.4 Å². The number of aliphatic hydroxyl groups excluding tert-OH is 1. The summed E-state index contributed by atoms with van der Waals surface area (Å²) in [6, 6.07) is 0. The van der Waals surface area contributed by atoms with Gasteiger partial charge < -0.3 is 19.3 Å². The number of halogens is 2. The summed E-state index contributed by atoms with van der Waals surface area (Å²) >= 11 is 0.979. The Morgan fingerprint density at radius 2 is 1.95 bits per heavy atom. The van der Waals surface area contributed by atoms with Gasteiger partial charge in [0, 0.05) is 24.7 Å². The molecule has 2 aliphatic heterocycles. The van der Waals surface area contributed by atoms with Crippen LogP contribution in [0.1, 0.15) is 65.7 Å². The number of carbonyl (C=O) groups excluding carboxylic acids is 3. The molecule has 7 nitrogen and oxygen atoms in total. The fraction of sp³-hybridized carbons (Fsp3) is 0.750. The number of fused-ring (bicyclic) bond motifs is 6. The maximum Gasteiger partial charge on any atom is 0.319 e. The van der Waals surface area contributed by atoms with Crippen LogP contribution in [0.25, 0.3) is 0 Å². The lowest BCUT2D eigenvalue weighted by molar-refractivity contribution is -0.212. The van der Waals surface area contributed by atoms with Gasteiger partial charge in [-0.15, -0.1) is 0 Å². The van der Waals surface area contributed by atoms with Gasteiger partial charge in [0.2, 0.25) is 17.8 Å². The van der Waals surface area contributed by atoms with E-state index in [1.807, 2.05) is 13.8 Å². The number of thioether (sulfide) groups is 1. The molecular weight excluding hydrogens is 518 g/mol. The molecule has 38 heavy (non-hydrogen) atoms. The van der Waals surface area contributed by atoms with E-state index >= 15 is 8.78 Å². The molecule has 0 aromatic carbocycles. The van der Waals surface area contributed by atoms with Crippen LogP contribution < -0.4 is 0 Å². The third kappa shape index (κ3) is 3.31. The topological polar surface area (TPSA) is 99.1 Å². The van der Waals surface area contributed by atoms with Crippen molar-refractivity contribution in [3.63, 3.8) is 0 Å². The van der Waals surface area contributed by atoms with E-state index in [9.17, 15) is 19.5 Å². The van der Waals surface area contributed by atoms with Crippen LogP contribution in [-0.4, -0.2) is 58.1 Å². The van der Waals surface area contributed by atoms with E-state index in [-0.39, 0.29) is 47.6 Å². The third-order valence-electron chi connectivity index (χ3n) is 10.3. The lowest BCUT2D eigenvalue weighted by atomic mass is 9.44. The van der Waals surface area contributed by atoms with Gasteiger partial charge >= 0.3 is 5.97 Å². The van der Waals surface area contributed by atoms with Crippen molar-refractivity contribution >= 4 is 28.6 Å². The van der Waals surface area contributed by atoms with Gasteiger partial charge in [-0.1, -0.05) is 25.6 Å². The predicted molar refractivity (Wildman–Crippen MR) is 133 cm³/mol. The van der Waals surface area contributed by atoms with Crippen LogP contribution in [0.2, 0.25) is 0 Å². The Morgan fingerprint density at radius 1 is 1.18 bits per heavy atom. The number of cyclic esters (lactones) is 1. The van der Waals surface area contributed by atoms with Crippen molar-refractivity contribution in [2.45, 2.75) is 95.2 Å². The number of allylic oxidation sites excluding steroid dienone is 2.